The smallest absolute Gasteiger partial charge is 0.0254 e. The Kier molecular flexibility index (Phi) is 2.30. The van der Waals surface area contributed by atoms with Crippen LogP contribution >= 0.6 is 15.9 Å². The summed E-state index contributed by atoms with van der Waals surface area (Å²) < 4.78 is 1.12. The summed E-state index contributed by atoms with van der Waals surface area (Å²) in [5, 5.41) is 6.00. The van der Waals surface area contributed by atoms with Gasteiger partial charge < -0.3 is 0 Å². The van der Waals surface area contributed by atoms with Gasteiger partial charge in [0.15, 0.2) is 0 Å². The van der Waals surface area contributed by atoms with Crippen molar-refractivity contribution >= 4 is 50.1 Å². The van der Waals surface area contributed by atoms with Gasteiger partial charge in [0.25, 0.3) is 0 Å². The highest BCUT2D eigenvalue weighted by molar-refractivity contribution is 9.10. The average molecular weight is 283 g/mol. The summed E-state index contributed by atoms with van der Waals surface area (Å²) in [4.78, 5) is 0. The van der Waals surface area contributed by atoms with Crippen molar-refractivity contribution in [3.63, 3.8) is 0 Å². The molecular weight excluding hydrogens is 272 g/mol. The van der Waals surface area contributed by atoms with E-state index in [0.29, 0.717) is 0 Å². The minimum atomic E-state index is 1.05. The fourth-order valence-corrected chi connectivity index (χ4v) is 2.84. The molecule has 3 aromatic rings. The van der Waals surface area contributed by atoms with E-state index >= 15 is 0 Å². The highest BCUT2D eigenvalue weighted by atomic mass is 79.9. The van der Waals surface area contributed by atoms with E-state index in [4.69, 9.17) is 0 Å². The Hall–Kier alpha value is -1.60. The third-order valence-electron chi connectivity index (χ3n) is 3.20. The van der Waals surface area contributed by atoms with Crippen LogP contribution in [0.1, 0.15) is 5.56 Å². The van der Waals surface area contributed by atoms with Crippen molar-refractivity contribution in [2.75, 3.05) is 0 Å². The second kappa shape index (κ2) is 3.71. The minimum Gasteiger partial charge on any atom is -0.0984 e. The van der Waals surface area contributed by atoms with Gasteiger partial charge in [-0.05, 0) is 38.4 Å². The summed E-state index contributed by atoms with van der Waals surface area (Å²) in [6, 6.07) is 12.6. The standard InChI is InChI=1S/C16H11Br/c1-3-11-6-8-13-14(17)9-7-12-5-4-10(2)15(11)16(12)13/h3-9H,1-2H2. The molecule has 82 valence electrons. The minimum absolute atomic E-state index is 1.05. The molecule has 0 fully saturated rings. The molecule has 0 aliphatic carbocycles. The van der Waals surface area contributed by atoms with Crippen LogP contribution in [-0.4, -0.2) is 0 Å². The predicted octanol–water partition coefficient (Wildman–Crippen LogP) is 4.53. The van der Waals surface area contributed by atoms with Gasteiger partial charge in [-0.2, -0.15) is 0 Å². The summed E-state index contributed by atoms with van der Waals surface area (Å²) >= 11 is 3.61. The molecule has 0 spiro atoms. The molecule has 0 amide bonds. The molecule has 0 atom stereocenters. The van der Waals surface area contributed by atoms with E-state index in [-0.39, 0.29) is 0 Å². The maximum atomic E-state index is 4.13. The van der Waals surface area contributed by atoms with Crippen LogP contribution in [0, 0.1) is 0 Å². The third kappa shape index (κ3) is 1.43. The van der Waals surface area contributed by atoms with Gasteiger partial charge in [-0.25, -0.2) is 0 Å². The zero-order valence-corrected chi connectivity index (χ0v) is 10.9. The van der Waals surface area contributed by atoms with Gasteiger partial charge in [-0.15, -0.1) is 0 Å². The molecule has 0 radical (unpaired) electrons. The molecule has 0 N–H and O–H groups in total. The normalized spacial score (nSPS) is 11.1. The Morgan fingerprint density at radius 3 is 2.47 bits per heavy atom. The van der Waals surface area contributed by atoms with Crippen molar-refractivity contribution < 1.29 is 0 Å². The van der Waals surface area contributed by atoms with E-state index in [1.54, 1.807) is 0 Å². The zero-order chi connectivity index (χ0) is 12.0. The fraction of sp³-hybridized carbons (Fsp3) is 0. The molecule has 0 saturated heterocycles. The lowest BCUT2D eigenvalue weighted by atomic mass is 9.95. The number of rotatable bonds is 1. The molecule has 3 aromatic carbocycles. The Labute approximate surface area is 108 Å². The molecule has 0 saturated carbocycles. The zero-order valence-electron chi connectivity index (χ0n) is 9.33. The summed E-state index contributed by atoms with van der Waals surface area (Å²) in [6.45, 7) is 8.01. The van der Waals surface area contributed by atoms with Crippen LogP contribution in [0.25, 0.3) is 34.2 Å². The molecule has 0 nitrogen and oxygen atoms in total. The molecule has 17 heavy (non-hydrogen) atoms. The van der Waals surface area contributed by atoms with Crippen LogP contribution in [0.5, 0.6) is 0 Å². The maximum absolute atomic E-state index is 4.13. The van der Waals surface area contributed by atoms with Crippen LogP contribution in [0.2, 0.25) is 0 Å². The first kappa shape index (κ1) is 10.5. The lowest BCUT2D eigenvalue weighted by molar-refractivity contribution is 1.67. The number of hydrogen-bond acceptors (Lipinski definition) is 0. The lowest BCUT2D eigenvalue weighted by Crippen LogP contribution is -2.01. The van der Waals surface area contributed by atoms with Crippen molar-refractivity contribution in [3.05, 3.63) is 58.2 Å². The van der Waals surface area contributed by atoms with Gasteiger partial charge in [0.2, 0.25) is 0 Å². The molecule has 0 unspecified atom stereocenters. The van der Waals surface area contributed by atoms with Crippen molar-refractivity contribution in [1.82, 2.24) is 0 Å². The van der Waals surface area contributed by atoms with E-state index in [0.717, 1.165) is 15.3 Å². The first-order valence-electron chi connectivity index (χ1n) is 5.47. The lowest BCUT2D eigenvalue weighted by Gasteiger charge is -2.10. The van der Waals surface area contributed by atoms with Crippen molar-refractivity contribution in [1.29, 1.82) is 0 Å². The van der Waals surface area contributed by atoms with Crippen LogP contribution in [0.15, 0.2) is 47.4 Å². The van der Waals surface area contributed by atoms with E-state index in [1.807, 2.05) is 6.08 Å². The Bertz CT molecular complexity index is 784. The molecule has 0 bridgehead atoms. The van der Waals surface area contributed by atoms with Crippen molar-refractivity contribution in [2.24, 2.45) is 0 Å². The summed E-state index contributed by atoms with van der Waals surface area (Å²) in [5.74, 6) is 0. The highest BCUT2D eigenvalue weighted by Crippen LogP contribution is 2.32. The molecule has 0 aromatic heterocycles. The molecule has 0 heterocycles. The van der Waals surface area contributed by atoms with Gasteiger partial charge >= 0.3 is 0 Å². The summed E-state index contributed by atoms with van der Waals surface area (Å²) in [7, 11) is 0. The topological polar surface area (TPSA) is 0 Å². The summed E-state index contributed by atoms with van der Waals surface area (Å²) in [5.41, 5.74) is 1.14. The summed E-state index contributed by atoms with van der Waals surface area (Å²) in [6.07, 6.45) is 1.89. The number of benzene rings is 3. The third-order valence-corrected chi connectivity index (χ3v) is 3.89. The monoisotopic (exact) mass is 282 g/mol. The van der Waals surface area contributed by atoms with E-state index in [9.17, 15) is 0 Å². The molecule has 3 rings (SSSR count). The second-order valence-electron chi connectivity index (χ2n) is 4.15. The first-order valence-corrected chi connectivity index (χ1v) is 6.26. The van der Waals surface area contributed by atoms with Crippen molar-refractivity contribution in [3.8, 4) is 0 Å². The van der Waals surface area contributed by atoms with Crippen molar-refractivity contribution in [2.45, 2.75) is 0 Å². The largest absolute Gasteiger partial charge is 0.0984 e. The van der Waals surface area contributed by atoms with Gasteiger partial charge in [0.1, 0.15) is 0 Å². The van der Waals surface area contributed by atoms with Crippen LogP contribution in [0.4, 0.5) is 0 Å². The maximum Gasteiger partial charge on any atom is 0.0254 e. The second-order valence-corrected chi connectivity index (χ2v) is 5.01. The van der Waals surface area contributed by atoms with Gasteiger partial charge in [-0.3, -0.25) is 0 Å². The van der Waals surface area contributed by atoms with E-state index in [2.05, 4.69) is 65.5 Å². The Morgan fingerprint density at radius 2 is 1.71 bits per heavy atom. The predicted molar refractivity (Wildman–Crippen MR) is 80.0 cm³/mol. The quantitative estimate of drug-likeness (QED) is 0.615. The van der Waals surface area contributed by atoms with Crippen LogP contribution in [-0.2, 0) is 0 Å². The van der Waals surface area contributed by atoms with E-state index in [1.165, 1.54) is 21.5 Å². The highest BCUT2D eigenvalue weighted by Gasteiger charge is 2.07. The SMILES string of the molecule is C=Cc1ccc2c(Br)ccc3ccc(=C)c1c32. The van der Waals surface area contributed by atoms with Gasteiger partial charge in [0, 0.05) is 4.47 Å². The Morgan fingerprint density at radius 1 is 0.941 bits per heavy atom. The molecule has 1 heteroatoms. The average Bonchev–Trinajstić information content (AvgIpc) is 2.36. The fourth-order valence-electron chi connectivity index (χ4n) is 2.38. The van der Waals surface area contributed by atoms with Gasteiger partial charge in [-0.1, -0.05) is 65.5 Å². The number of halogens is 1. The van der Waals surface area contributed by atoms with Crippen LogP contribution in [0.3, 0.4) is 0 Å². The molecular formula is C16H11Br. The van der Waals surface area contributed by atoms with E-state index < -0.39 is 0 Å². The Balaban J connectivity index is 2.75. The number of hydrogen-bond donors (Lipinski definition) is 0. The first-order chi connectivity index (χ1) is 8.22. The van der Waals surface area contributed by atoms with Crippen LogP contribution < -0.4 is 5.22 Å². The van der Waals surface area contributed by atoms with Gasteiger partial charge in [0.05, 0.1) is 0 Å². The molecule has 0 aliphatic rings. The molecule has 0 aliphatic heterocycles.